The summed E-state index contributed by atoms with van der Waals surface area (Å²) < 4.78 is 38.7. The number of hydrogen-bond donors (Lipinski definition) is 6. The third kappa shape index (κ3) is 14.1. The lowest BCUT2D eigenvalue weighted by Crippen LogP contribution is -2.52. The Kier molecular flexibility index (Phi) is 16.3. The molecule has 1 saturated heterocycles. The number of para-hydroxylation sites is 1. The molecule has 0 aliphatic carbocycles. The molecule has 17 heteroatoms. The van der Waals surface area contributed by atoms with Crippen LogP contribution in [-0.2, 0) is 20.7 Å². The molecule has 0 spiro atoms. The predicted molar refractivity (Wildman–Crippen MR) is 192 cm³/mol. The maximum Gasteiger partial charge on any atom is 0.490 e. The number of amides is 2. The van der Waals surface area contributed by atoms with Gasteiger partial charge in [0.2, 0.25) is 11.7 Å². The third-order valence-electron chi connectivity index (χ3n) is 8.09. The van der Waals surface area contributed by atoms with Crippen molar-refractivity contribution >= 4 is 51.3 Å². The van der Waals surface area contributed by atoms with Gasteiger partial charge in [-0.15, -0.1) is 11.3 Å². The maximum absolute atomic E-state index is 13.7. The first-order valence-corrected chi connectivity index (χ1v) is 17.7. The molecule has 52 heavy (non-hydrogen) atoms. The zero-order valence-corrected chi connectivity index (χ0v) is 29.8. The van der Waals surface area contributed by atoms with E-state index >= 15 is 0 Å². The summed E-state index contributed by atoms with van der Waals surface area (Å²) in [4.78, 5) is 58.2. The number of carboxylic acids is 1. The number of thiazole rings is 1. The molecule has 2 heterocycles. The van der Waals surface area contributed by atoms with Crippen LogP contribution in [-0.4, -0.2) is 83.8 Å². The number of guanidine groups is 1. The van der Waals surface area contributed by atoms with Crippen LogP contribution >= 0.6 is 11.3 Å². The number of aliphatic imine (C=N–C) groups is 1. The predicted octanol–water partition coefficient (Wildman–Crippen LogP) is 4.40. The molecule has 1 fully saturated rings. The Balaban J connectivity index is 0.000000944. The summed E-state index contributed by atoms with van der Waals surface area (Å²) in [6, 6.07) is 15.7. The Morgan fingerprint density at radius 2 is 1.65 bits per heavy atom. The highest BCUT2D eigenvalue weighted by molar-refractivity contribution is 7.20. The van der Waals surface area contributed by atoms with E-state index in [0.717, 1.165) is 41.7 Å². The van der Waals surface area contributed by atoms with E-state index in [4.69, 9.17) is 26.1 Å². The molecular formula is C35H46F3N7O6S. The number of piperidine rings is 1. The molecule has 3 aromatic rings. The standard InChI is InChI=1S/C33H45N7O4S.C2HF3O2/c1-21(2)19-26(40-33(43)44-27(23-14-17-36-18-15-23)20-22-9-4-3-5-10-22)30(42)38-25(12-8-16-37-32(34)35)29(41)31-39-24-11-6-7-13-28(24)45-31;3-2(4,5)1(6)7/h3-7,9-11,13,21,23,25-27,36H,8,12,14-20H2,1-2H3,(H,38,42)(H,40,43)(H4,34,35,37);(H,6,7)/t25-,26-,27?;/m0./s1. The van der Waals surface area contributed by atoms with Gasteiger partial charge in [-0.1, -0.05) is 56.3 Å². The SMILES string of the molecule is CC(C)C[C@H](NC(=O)OC(Cc1ccccc1)C1CCNCC1)C(=O)N[C@@H](CCCN=C(N)N)C(=O)c1nc2ccccc2s1.O=C(O)C(F)(F)F. The van der Waals surface area contributed by atoms with Gasteiger partial charge in [-0.25, -0.2) is 14.6 Å². The normalized spacial score (nSPS) is 15.0. The van der Waals surface area contributed by atoms with Crippen LogP contribution in [0.15, 0.2) is 59.6 Å². The number of alkyl carbamates (subject to hydrolysis) is 1. The monoisotopic (exact) mass is 749 g/mol. The molecule has 1 aliphatic heterocycles. The molecule has 0 saturated carbocycles. The smallest absolute Gasteiger partial charge is 0.475 e. The molecule has 2 amide bonds. The van der Waals surface area contributed by atoms with Gasteiger partial charge in [-0.05, 0) is 74.7 Å². The van der Waals surface area contributed by atoms with Gasteiger partial charge >= 0.3 is 18.2 Å². The number of halogens is 3. The molecule has 2 aromatic carbocycles. The summed E-state index contributed by atoms with van der Waals surface area (Å²) in [5.41, 5.74) is 12.7. The first-order valence-electron chi connectivity index (χ1n) is 16.9. The van der Waals surface area contributed by atoms with E-state index in [-0.39, 0.29) is 29.7 Å². The van der Waals surface area contributed by atoms with Crippen molar-refractivity contribution in [1.29, 1.82) is 0 Å². The summed E-state index contributed by atoms with van der Waals surface area (Å²) >= 11 is 1.28. The number of rotatable bonds is 15. The number of fused-ring (bicyclic) bond motifs is 1. The van der Waals surface area contributed by atoms with Crippen LogP contribution in [0.25, 0.3) is 10.2 Å². The highest BCUT2D eigenvalue weighted by Gasteiger charge is 2.38. The Bertz CT molecular complexity index is 1610. The topological polar surface area (TPSA) is 211 Å². The van der Waals surface area contributed by atoms with E-state index in [9.17, 15) is 27.6 Å². The van der Waals surface area contributed by atoms with Crippen molar-refractivity contribution in [3.8, 4) is 0 Å². The number of Topliss-reactive ketones (excluding diaryl/α,β-unsaturated/α-hetero) is 1. The number of nitrogens with zero attached hydrogens (tertiary/aromatic N) is 2. The average Bonchev–Trinajstić information content (AvgIpc) is 3.53. The summed E-state index contributed by atoms with van der Waals surface area (Å²) in [5, 5.41) is 16.5. The van der Waals surface area contributed by atoms with Gasteiger partial charge in [0.05, 0.1) is 16.3 Å². The number of aromatic nitrogens is 1. The van der Waals surface area contributed by atoms with Crippen molar-refractivity contribution in [3.63, 3.8) is 0 Å². The lowest BCUT2D eigenvalue weighted by atomic mass is 9.88. The number of carboxylic acid groups (broad SMARTS) is 1. The number of alkyl halides is 3. The van der Waals surface area contributed by atoms with Crippen LogP contribution in [0.4, 0.5) is 18.0 Å². The second-order valence-corrected chi connectivity index (χ2v) is 13.7. The number of ether oxygens (including phenoxy) is 1. The lowest BCUT2D eigenvalue weighted by Gasteiger charge is -2.31. The third-order valence-corrected chi connectivity index (χ3v) is 9.14. The van der Waals surface area contributed by atoms with Crippen molar-refractivity contribution in [2.24, 2.45) is 28.3 Å². The quantitative estimate of drug-likeness (QED) is 0.0558. The number of hydrogen-bond acceptors (Lipinski definition) is 9. The number of carbonyl (C=O) groups is 4. The van der Waals surface area contributed by atoms with Gasteiger partial charge in [0.15, 0.2) is 11.0 Å². The molecular weight excluding hydrogens is 703 g/mol. The fraction of sp³-hybridized carbons (Fsp3) is 0.486. The molecule has 1 aromatic heterocycles. The Morgan fingerprint density at radius 3 is 2.25 bits per heavy atom. The summed E-state index contributed by atoms with van der Waals surface area (Å²) in [6.45, 7) is 5.99. The van der Waals surface area contributed by atoms with Gasteiger partial charge < -0.3 is 37.3 Å². The van der Waals surface area contributed by atoms with Crippen LogP contribution in [0.1, 0.15) is 61.3 Å². The summed E-state index contributed by atoms with van der Waals surface area (Å²) in [7, 11) is 0. The van der Waals surface area contributed by atoms with E-state index in [2.05, 4.69) is 25.9 Å². The van der Waals surface area contributed by atoms with Crippen LogP contribution in [0, 0.1) is 11.8 Å². The van der Waals surface area contributed by atoms with E-state index in [1.54, 1.807) is 0 Å². The van der Waals surface area contributed by atoms with Crippen molar-refractivity contribution in [2.75, 3.05) is 19.6 Å². The van der Waals surface area contributed by atoms with Crippen molar-refractivity contribution in [2.45, 2.75) is 76.7 Å². The van der Waals surface area contributed by atoms with Gasteiger partial charge in [-0.3, -0.25) is 14.6 Å². The summed E-state index contributed by atoms with van der Waals surface area (Å²) in [6.07, 6.45) is -2.54. The van der Waals surface area contributed by atoms with Crippen molar-refractivity contribution < 1.29 is 42.2 Å². The molecule has 4 rings (SSSR count). The molecule has 3 atom stereocenters. The maximum atomic E-state index is 13.7. The number of nitrogens with one attached hydrogen (secondary N) is 3. The number of ketones is 1. The highest BCUT2D eigenvalue weighted by Crippen LogP contribution is 2.25. The van der Waals surface area contributed by atoms with Gasteiger partial charge in [0.1, 0.15) is 12.1 Å². The Labute approximate surface area is 303 Å². The minimum absolute atomic E-state index is 0.0390. The Morgan fingerprint density at radius 1 is 1.02 bits per heavy atom. The van der Waals surface area contributed by atoms with Gasteiger partial charge in [-0.2, -0.15) is 13.2 Å². The zero-order valence-electron chi connectivity index (χ0n) is 29.0. The van der Waals surface area contributed by atoms with Crippen LogP contribution < -0.4 is 27.4 Å². The first-order chi connectivity index (χ1) is 24.6. The van der Waals surface area contributed by atoms with Crippen molar-refractivity contribution in [3.05, 3.63) is 65.2 Å². The molecule has 1 aliphatic rings. The second-order valence-electron chi connectivity index (χ2n) is 12.7. The van der Waals surface area contributed by atoms with Crippen LogP contribution in [0.2, 0.25) is 0 Å². The van der Waals surface area contributed by atoms with Gasteiger partial charge in [0, 0.05) is 13.0 Å². The molecule has 0 radical (unpaired) electrons. The lowest BCUT2D eigenvalue weighted by molar-refractivity contribution is -0.192. The number of carbonyl (C=O) groups excluding carboxylic acids is 3. The number of aliphatic carboxylic acids is 1. The minimum atomic E-state index is -5.08. The second kappa shape index (κ2) is 20.3. The fourth-order valence-corrected chi connectivity index (χ4v) is 6.52. The Hall–Kier alpha value is -4.77. The molecule has 13 nitrogen and oxygen atoms in total. The van der Waals surface area contributed by atoms with E-state index in [1.165, 1.54) is 11.3 Å². The molecule has 1 unspecified atom stereocenters. The van der Waals surface area contributed by atoms with E-state index in [0.29, 0.717) is 37.2 Å². The van der Waals surface area contributed by atoms with Crippen LogP contribution in [0.3, 0.4) is 0 Å². The molecule has 0 bridgehead atoms. The zero-order chi connectivity index (χ0) is 38.3. The molecule has 284 valence electrons. The largest absolute Gasteiger partial charge is 0.490 e. The molecule has 8 N–H and O–H groups in total. The van der Waals surface area contributed by atoms with Crippen LogP contribution in [0.5, 0.6) is 0 Å². The van der Waals surface area contributed by atoms with Gasteiger partial charge in [0.25, 0.3) is 0 Å². The average molecular weight is 750 g/mol. The van der Waals surface area contributed by atoms with Crippen molar-refractivity contribution in [1.82, 2.24) is 20.9 Å². The number of nitrogens with two attached hydrogens (primary N) is 2. The minimum Gasteiger partial charge on any atom is -0.475 e. The van der Waals surface area contributed by atoms with E-state index in [1.807, 2.05) is 68.4 Å². The fourth-order valence-electron chi connectivity index (χ4n) is 5.56. The highest BCUT2D eigenvalue weighted by atomic mass is 32.1. The number of benzene rings is 2. The van der Waals surface area contributed by atoms with E-state index < -0.39 is 36.2 Å². The summed E-state index contributed by atoms with van der Waals surface area (Å²) in [5.74, 6) is -3.26. The first kappa shape index (κ1) is 41.6.